The summed E-state index contributed by atoms with van der Waals surface area (Å²) in [6.45, 7) is 3.96. The lowest BCUT2D eigenvalue weighted by atomic mass is 10.1. The van der Waals surface area contributed by atoms with E-state index in [0.29, 0.717) is 5.69 Å². The molecule has 0 unspecified atom stereocenters. The monoisotopic (exact) mass is 396 g/mol. The standard InChI is InChI=1S/C15H11Br2FN2/c1-8-5-11(6-9(2)13(8)16)20-12-4-3-10(7-19)14(17)15(12)18/h3-6,20H,1-2H3. The van der Waals surface area contributed by atoms with E-state index in [4.69, 9.17) is 5.26 Å². The van der Waals surface area contributed by atoms with Crippen LogP contribution in [0.3, 0.4) is 0 Å². The number of rotatable bonds is 2. The van der Waals surface area contributed by atoms with Crippen molar-refractivity contribution in [1.82, 2.24) is 0 Å². The topological polar surface area (TPSA) is 35.8 Å². The molecule has 2 nitrogen and oxygen atoms in total. The van der Waals surface area contributed by atoms with Crippen molar-refractivity contribution in [2.45, 2.75) is 13.8 Å². The van der Waals surface area contributed by atoms with Crippen molar-refractivity contribution in [2.75, 3.05) is 5.32 Å². The van der Waals surface area contributed by atoms with Gasteiger partial charge in [0, 0.05) is 10.2 Å². The zero-order valence-corrected chi connectivity index (χ0v) is 14.1. The Kier molecular flexibility index (Phi) is 4.46. The fourth-order valence-corrected chi connectivity index (χ4v) is 2.57. The van der Waals surface area contributed by atoms with Crippen LogP contribution in [0.4, 0.5) is 15.8 Å². The SMILES string of the molecule is Cc1cc(Nc2ccc(C#N)c(Br)c2F)cc(C)c1Br. The van der Waals surface area contributed by atoms with Gasteiger partial charge in [-0.3, -0.25) is 0 Å². The molecule has 0 aliphatic carbocycles. The van der Waals surface area contributed by atoms with Crippen LogP contribution in [0.2, 0.25) is 0 Å². The molecule has 0 atom stereocenters. The molecule has 0 aromatic heterocycles. The van der Waals surface area contributed by atoms with Crippen LogP contribution in [0.5, 0.6) is 0 Å². The van der Waals surface area contributed by atoms with Gasteiger partial charge in [0.1, 0.15) is 6.07 Å². The van der Waals surface area contributed by atoms with Gasteiger partial charge in [0.05, 0.1) is 15.7 Å². The molecule has 0 saturated heterocycles. The molecule has 0 aliphatic rings. The molecule has 0 saturated carbocycles. The minimum atomic E-state index is -0.470. The van der Waals surface area contributed by atoms with E-state index in [-0.39, 0.29) is 10.0 Å². The van der Waals surface area contributed by atoms with Crippen LogP contribution in [0.1, 0.15) is 16.7 Å². The maximum absolute atomic E-state index is 14.1. The lowest BCUT2D eigenvalue weighted by Gasteiger charge is -2.12. The Morgan fingerprint density at radius 2 is 1.70 bits per heavy atom. The highest BCUT2D eigenvalue weighted by Crippen LogP contribution is 2.31. The second kappa shape index (κ2) is 5.94. The summed E-state index contributed by atoms with van der Waals surface area (Å²) in [6, 6.07) is 8.94. The molecule has 0 heterocycles. The van der Waals surface area contributed by atoms with Crippen LogP contribution in [-0.4, -0.2) is 0 Å². The molecule has 0 radical (unpaired) electrons. The molecular weight excluding hydrogens is 387 g/mol. The third-order valence-corrected chi connectivity index (χ3v) is 4.94. The average molecular weight is 398 g/mol. The summed E-state index contributed by atoms with van der Waals surface area (Å²) in [5.74, 6) is -0.470. The maximum atomic E-state index is 14.1. The first kappa shape index (κ1) is 15.0. The quantitative estimate of drug-likeness (QED) is 0.717. The normalized spacial score (nSPS) is 10.2. The van der Waals surface area contributed by atoms with E-state index in [9.17, 15) is 4.39 Å². The number of benzene rings is 2. The van der Waals surface area contributed by atoms with E-state index in [1.165, 1.54) is 0 Å². The number of anilines is 2. The van der Waals surface area contributed by atoms with Gasteiger partial charge < -0.3 is 5.32 Å². The first-order valence-corrected chi connectivity index (χ1v) is 7.44. The smallest absolute Gasteiger partial charge is 0.162 e. The minimum absolute atomic E-state index is 0.176. The van der Waals surface area contributed by atoms with E-state index in [0.717, 1.165) is 21.3 Å². The first-order valence-electron chi connectivity index (χ1n) is 5.86. The van der Waals surface area contributed by atoms with Gasteiger partial charge in [0.15, 0.2) is 5.82 Å². The average Bonchev–Trinajstić information content (AvgIpc) is 2.41. The molecule has 0 amide bonds. The zero-order valence-electron chi connectivity index (χ0n) is 10.9. The Morgan fingerprint density at radius 3 is 2.25 bits per heavy atom. The number of hydrogen-bond acceptors (Lipinski definition) is 2. The molecule has 2 aromatic carbocycles. The Hall–Kier alpha value is -1.38. The van der Waals surface area contributed by atoms with Gasteiger partial charge in [-0.15, -0.1) is 0 Å². The van der Waals surface area contributed by atoms with E-state index in [1.807, 2.05) is 32.0 Å². The fourth-order valence-electron chi connectivity index (χ4n) is 1.91. The van der Waals surface area contributed by atoms with Crippen molar-refractivity contribution < 1.29 is 4.39 Å². The number of hydrogen-bond donors (Lipinski definition) is 1. The Bertz CT molecular complexity index is 698. The van der Waals surface area contributed by atoms with Gasteiger partial charge >= 0.3 is 0 Å². The van der Waals surface area contributed by atoms with Crippen molar-refractivity contribution in [1.29, 1.82) is 5.26 Å². The molecule has 102 valence electrons. The molecular formula is C15H11Br2FN2. The van der Waals surface area contributed by atoms with Crippen LogP contribution < -0.4 is 5.32 Å². The predicted octanol–water partition coefficient (Wildman–Crippen LogP) is 5.58. The van der Waals surface area contributed by atoms with E-state index < -0.39 is 5.82 Å². The van der Waals surface area contributed by atoms with Crippen LogP contribution in [0, 0.1) is 31.0 Å². The molecule has 2 aromatic rings. The highest BCUT2D eigenvalue weighted by molar-refractivity contribution is 9.10. The van der Waals surface area contributed by atoms with Gasteiger partial charge in [0.25, 0.3) is 0 Å². The summed E-state index contributed by atoms with van der Waals surface area (Å²) in [7, 11) is 0. The van der Waals surface area contributed by atoms with Crippen LogP contribution >= 0.6 is 31.9 Å². The predicted molar refractivity (Wildman–Crippen MR) is 85.7 cm³/mol. The van der Waals surface area contributed by atoms with Crippen LogP contribution in [-0.2, 0) is 0 Å². The molecule has 20 heavy (non-hydrogen) atoms. The van der Waals surface area contributed by atoms with Gasteiger partial charge in [-0.05, 0) is 65.2 Å². The molecule has 2 rings (SSSR count). The summed E-state index contributed by atoms with van der Waals surface area (Å²) < 4.78 is 15.4. The summed E-state index contributed by atoms with van der Waals surface area (Å²) in [4.78, 5) is 0. The lowest BCUT2D eigenvalue weighted by molar-refractivity contribution is 0.624. The van der Waals surface area contributed by atoms with Crippen molar-refractivity contribution in [3.8, 4) is 6.07 Å². The lowest BCUT2D eigenvalue weighted by Crippen LogP contribution is -1.97. The molecule has 0 fully saturated rings. The van der Waals surface area contributed by atoms with Gasteiger partial charge in [-0.1, -0.05) is 15.9 Å². The van der Waals surface area contributed by atoms with Gasteiger partial charge in [-0.2, -0.15) is 5.26 Å². The highest BCUT2D eigenvalue weighted by atomic mass is 79.9. The van der Waals surface area contributed by atoms with Crippen LogP contribution in [0.25, 0.3) is 0 Å². The molecule has 0 bridgehead atoms. The summed E-state index contributed by atoms with van der Waals surface area (Å²) >= 11 is 6.60. The van der Waals surface area contributed by atoms with E-state index >= 15 is 0 Å². The van der Waals surface area contributed by atoms with Gasteiger partial charge in [0.2, 0.25) is 0 Å². The van der Waals surface area contributed by atoms with E-state index in [1.54, 1.807) is 12.1 Å². The third kappa shape index (κ3) is 2.87. The van der Waals surface area contributed by atoms with Crippen LogP contribution in [0.15, 0.2) is 33.2 Å². The Morgan fingerprint density at radius 1 is 1.10 bits per heavy atom. The molecule has 1 N–H and O–H groups in total. The number of halogens is 3. The number of nitriles is 1. The molecule has 5 heteroatoms. The molecule has 0 aliphatic heterocycles. The third-order valence-electron chi connectivity index (χ3n) is 2.92. The maximum Gasteiger partial charge on any atom is 0.162 e. The second-order valence-electron chi connectivity index (χ2n) is 4.45. The Balaban J connectivity index is 2.41. The minimum Gasteiger partial charge on any atom is -0.353 e. The first-order chi connectivity index (χ1) is 9.43. The number of nitrogens with zero attached hydrogens (tertiary/aromatic N) is 1. The number of aryl methyl sites for hydroxylation is 2. The summed E-state index contributed by atoms with van der Waals surface area (Å²) in [5, 5.41) is 11.9. The van der Waals surface area contributed by atoms with Gasteiger partial charge in [-0.25, -0.2) is 4.39 Å². The fraction of sp³-hybridized carbons (Fsp3) is 0.133. The van der Waals surface area contributed by atoms with Crippen molar-refractivity contribution in [3.63, 3.8) is 0 Å². The largest absolute Gasteiger partial charge is 0.353 e. The Labute approximate surface area is 133 Å². The van der Waals surface area contributed by atoms with Crippen molar-refractivity contribution in [3.05, 3.63) is 55.7 Å². The zero-order chi connectivity index (χ0) is 14.9. The second-order valence-corrected chi connectivity index (χ2v) is 6.04. The van der Waals surface area contributed by atoms with Crippen molar-refractivity contribution in [2.24, 2.45) is 0 Å². The summed E-state index contributed by atoms with van der Waals surface area (Å²) in [6.07, 6.45) is 0. The number of nitrogens with one attached hydrogen (secondary N) is 1. The van der Waals surface area contributed by atoms with Crippen molar-refractivity contribution >= 4 is 43.2 Å². The molecule has 0 spiro atoms. The van der Waals surface area contributed by atoms with E-state index in [2.05, 4.69) is 37.2 Å². The summed E-state index contributed by atoms with van der Waals surface area (Å²) in [5.41, 5.74) is 3.55. The highest BCUT2D eigenvalue weighted by Gasteiger charge is 2.12.